The van der Waals surface area contributed by atoms with Gasteiger partial charge in [0.25, 0.3) is 0 Å². The summed E-state index contributed by atoms with van der Waals surface area (Å²) < 4.78 is 0. The van der Waals surface area contributed by atoms with Crippen molar-refractivity contribution in [2.45, 2.75) is 0 Å². The molecule has 23 heavy (non-hydrogen) atoms. The fourth-order valence-corrected chi connectivity index (χ4v) is 2.05. The van der Waals surface area contributed by atoms with Crippen molar-refractivity contribution < 1.29 is 5.11 Å². The van der Waals surface area contributed by atoms with Gasteiger partial charge in [0.1, 0.15) is 11.6 Å². The van der Waals surface area contributed by atoms with E-state index in [2.05, 4.69) is 26.8 Å². The number of aromatic nitrogens is 3. The number of benzene rings is 1. The minimum atomic E-state index is 0.0734. The minimum Gasteiger partial charge on any atom is -0.508 e. The van der Waals surface area contributed by atoms with Crippen molar-refractivity contribution in [3.05, 3.63) is 59.9 Å². The van der Waals surface area contributed by atoms with E-state index in [0.717, 1.165) is 5.56 Å². The highest BCUT2D eigenvalue weighted by molar-refractivity contribution is 5.73. The molecule has 0 aliphatic rings. The second-order valence-corrected chi connectivity index (χ2v) is 4.73. The van der Waals surface area contributed by atoms with Gasteiger partial charge in [-0.25, -0.2) is 4.98 Å². The van der Waals surface area contributed by atoms with Gasteiger partial charge in [-0.15, -0.1) is 0 Å². The Kier molecular flexibility index (Phi) is 3.77. The third-order valence-corrected chi connectivity index (χ3v) is 3.07. The van der Waals surface area contributed by atoms with Gasteiger partial charge in [-0.2, -0.15) is 4.98 Å². The molecule has 0 spiro atoms. The molecule has 2 heterocycles. The van der Waals surface area contributed by atoms with Gasteiger partial charge in [0.2, 0.25) is 5.95 Å². The predicted molar refractivity (Wildman–Crippen MR) is 88.2 cm³/mol. The lowest BCUT2D eigenvalue weighted by Gasteiger charge is -2.07. The zero-order valence-electron chi connectivity index (χ0n) is 12.1. The first-order valence-corrected chi connectivity index (χ1v) is 6.78. The lowest BCUT2D eigenvalue weighted by Crippen LogP contribution is -2.05. The normalized spacial score (nSPS) is 9.91. The molecule has 2 aromatic heterocycles. The molecule has 0 amide bonds. The van der Waals surface area contributed by atoms with Crippen LogP contribution in [0.2, 0.25) is 0 Å². The molecule has 0 atom stereocenters. The average molecular weight is 303 g/mol. The van der Waals surface area contributed by atoms with Crippen LogP contribution in [0.4, 0.5) is 11.8 Å². The molecule has 6 nitrogen and oxygen atoms in total. The first kappa shape index (κ1) is 14.4. The SMILES string of the molecule is Nc1nc(N)c(C#Cc2cccc(O)c2)c(-c2cccnc2)n1. The number of nitrogen functional groups attached to an aromatic ring is 2. The predicted octanol–water partition coefficient (Wildman–Crippen LogP) is 1.81. The minimum absolute atomic E-state index is 0.0734. The molecule has 0 bridgehead atoms. The Bertz CT molecular complexity index is 913. The monoisotopic (exact) mass is 303 g/mol. The van der Waals surface area contributed by atoms with E-state index in [1.807, 2.05) is 6.07 Å². The van der Waals surface area contributed by atoms with Crippen molar-refractivity contribution in [1.82, 2.24) is 15.0 Å². The molecule has 3 aromatic rings. The second-order valence-electron chi connectivity index (χ2n) is 4.73. The van der Waals surface area contributed by atoms with Gasteiger partial charge in [0, 0.05) is 23.5 Å². The van der Waals surface area contributed by atoms with Crippen LogP contribution in [0.15, 0.2) is 48.8 Å². The molecule has 0 unspecified atom stereocenters. The third kappa shape index (κ3) is 3.19. The van der Waals surface area contributed by atoms with Crippen molar-refractivity contribution in [3.8, 4) is 28.8 Å². The Balaban J connectivity index is 2.13. The second kappa shape index (κ2) is 6.03. The van der Waals surface area contributed by atoms with Gasteiger partial charge in [-0.05, 0) is 30.3 Å². The quantitative estimate of drug-likeness (QED) is 0.591. The number of hydrogen-bond donors (Lipinski definition) is 3. The summed E-state index contributed by atoms with van der Waals surface area (Å²) >= 11 is 0. The van der Waals surface area contributed by atoms with Crippen molar-refractivity contribution in [2.24, 2.45) is 0 Å². The van der Waals surface area contributed by atoms with Crippen molar-refractivity contribution in [1.29, 1.82) is 0 Å². The van der Waals surface area contributed by atoms with E-state index in [4.69, 9.17) is 11.5 Å². The first-order chi connectivity index (χ1) is 11.1. The van der Waals surface area contributed by atoms with E-state index in [1.54, 1.807) is 42.7 Å². The maximum absolute atomic E-state index is 9.49. The molecule has 0 saturated carbocycles. The third-order valence-electron chi connectivity index (χ3n) is 3.07. The van der Waals surface area contributed by atoms with Gasteiger partial charge in [0.05, 0.1) is 11.3 Å². The van der Waals surface area contributed by atoms with Crippen LogP contribution in [0.25, 0.3) is 11.3 Å². The molecule has 0 radical (unpaired) electrons. The van der Waals surface area contributed by atoms with Crippen molar-refractivity contribution in [2.75, 3.05) is 11.5 Å². The number of aromatic hydroxyl groups is 1. The molecule has 1 aromatic carbocycles. The number of nitrogens with two attached hydrogens (primary N) is 2. The van der Waals surface area contributed by atoms with Crippen LogP contribution in [0.1, 0.15) is 11.1 Å². The standard InChI is InChI=1S/C17H13N5O/c18-16-14(7-6-11-3-1-5-13(23)9-11)15(21-17(19)22-16)12-4-2-8-20-10-12/h1-5,8-10,23H,(H4,18,19,21,22). The van der Waals surface area contributed by atoms with Crippen LogP contribution in [0, 0.1) is 11.8 Å². The fourth-order valence-electron chi connectivity index (χ4n) is 2.05. The number of anilines is 2. The largest absolute Gasteiger partial charge is 0.508 e. The van der Waals surface area contributed by atoms with Crippen molar-refractivity contribution in [3.63, 3.8) is 0 Å². The highest BCUT2D eigenvalue weighted by Crippen LogP contribution is 2.24. The van der Waals surface area contributed by atoms with Crippen molar-refractivity contribution >= 4 is 11.8 Å². The Morgan fingerprint density at radius 2 is 1.87 bits per heavy atom. The number of rotatable bonds is 1. The summed E-state index contributed by atoms with van der Waals surface area (Å²) in [6.07, 6.45) is 3.32. The summed E-state index contributed by atoms with van der Waals surface area (Å²) in [5.74, 6) is 6.31. The van der Waals surface area contributed by atoms with Crippen LogP contribution < -0.4 is 11.5 Å². The lowest BCUT2D eigenvalue weighted by atomic mass is 10.1. The zero-order chi connectivity index (χ0) is 16.2. The van der Waals surface area contributed by atoms with Crippen LogP contribution in [0.3, 0.4) is 0 Å². The Morgan fingerprint density at radius 3 is 2.61 bits per heavy atom. The van der Waals surface area contributed by atoms with Crippen LogP contribution in [-0.4, -0.2) is 20.1 Å². The maximum atomic E-state index is 9.49. The molecular weight excluding hydrogens is 290 g/mol. The molecule has 3 rings (SSSR count). The smallest absolute Gasteiger partial charge is 0.222 e. The summed E-state index contributed by atoms with van der Waals surface area (Å²) in [6, 6.07) is 10.3. The summed E-state index contributed by atoms with van der Waals surface area (Å²) in [6.45, 7) is 0. The Hall–Kier alpha value is -3.59. The van der Waals surface area contributed by atoms with E-state index in [9.17, 15) is 5.11 Å². The van der Waals surface area contributed by atoms with Gasteiger partial charge < -0.3 is 16.6 Å². The Morgan fingerprint density at radius 1 is 1.00 bits per heavy atom. The average Bonchev–Trinajstić information content (AvgIpc) is 2.54. The highest BCUT2D eigenvalue weighted by atomic mass is 16.3. The van der Waals surface area contributed by atoms with Gasteiger partial charge in [0.15, 0.2) is 0 Å². The topological polar surface area (TPSA) is 111 Å². The van der Waals surface area contributed by atoms with Gasteiger partial charge in [-0.1, -0.05) is 17.9 Å². The molecule has 0 saturated heterocycles. The lowest BCUT2D eigenvalue weighted by molar-refractivity contribution is 0.475. The van der Waals surface area contributed by atoms with Crippen LogP contribution in [0.5, 0.6) is 5.75 Å². The van der Waals surface area contributed by atoms with Gasteiger partial charge in [-0.3, -0.25) is 4.98 Å². The molecule has 6 heteroatoms. The summed E-state index contributed by atoms with van der Waals surface area (Å²) in [5, 5.41) is 9.49. The Labute approximate surface area is 132 Å². The maximum Gasteiger partial charge on any atom is 0.222 e. The molecule has 0 aliphatic heterocycles. The summed E-state index contributed by atoms with van der Waals surface area (Å²) in [4.78, 5) is 12.3. The van der Waals surface area contributed by atoms with Gasteiger partial charge >= 0.3 is 0 Å². The summed E-state index contributed by atoms with van der Waals surface area (Å²) in [5.41, 5.74) is 14.0. The van der Waals surface area contributed by atoms with E-state index in [0.29, 0.717) is 16.8 Å². The first-order valence-electron chi connectivity index (χ1n) is 6.78. The van der Waals surface area contributed by atoms with E-state index in [-0.39, 0.29) is 17.5 Å². The number of pyridine rings is 1. The molecular formula is C17H13N5O. The highest BCUT2D eigenvalue weighted by Gasteiger charge is 2.11. The number of phenols is 1. The number of phenolic OH excluding ortho intramolecular Hbond substituents is 1. The van der Waals surface area contributed by atoms with E-state index < -0.39 is 0 Å². The number of hydrogen-bond acceptors (Lipinski definition) is 6. The van der Waals surface area contributed by atoms with E-state index in [1.165, 1.54) is 0 Å². The number of nitrogens with zero attached hydrogens (tertiary/aromatic N) is 3. The molecule has 5 N–H and O–H groups in total. The molecule has 0 fully saturated rings. The van der Waals surface area contributed by atoms with Crippen LogP contribution in [-0.2, 0) is 0 Å². The fraction of sp³-hybridized carbons (Fsp3) is 0. The zero-order valence-corrected chi connectivity index (χ0v) is 12.1. The molecule has 112 valence electrons. The molecule has 0 aliphatic carbocycles. The summed E-state index contributed by atoms with van der Waals surface area (Å²) in [7, 11) is 0. The van der Waals surface area contributed by atoms with Crippen LogP contribution >= 0.6 is 0 Å². The van der Waals surface area contributed by atoms with E-state index >= 15 is 0 Å².